The largest absolute Gasteiger partial charge is 0.193 e. The van der Waals surface area contributed by atoms with Crippen LogP contribution >= 0.6 is 0 Å². The lowest BCUT2D eigenvalue weighted by molar-refractivity contribution is 1.43. The van der Waals surface area contributed by atoms with Crippen LogP contribution in [0.25, 0.3) is 0 Å². The molecule has 0 aromatic heterocycles. The Kier molecular flexibility index (Phi) is 2.87. The van der Waals surface area contributed by atoms with E-state index in [0.29, 0.717) is 11.1 Å². The Balaban J connectivity index is 4.22. The van der Waals surface area contributed by atoms with Gasteiger partial charge >= 0.3 is 0 Å². The smallest absolute Gasteiger partial charge is 0.0985 e. The normalized spacial score (nSPS) is 9.44. The number of hydrogen-bond acceptors (Lipinski definition) is 2. The Morgan fingerprint density at radius 1 is 1.44 bits per heavy atom. The minimum absolute atomic E-state index is 0.314. The van der Waals surface area contributed by atoms with Crippen LogP contribution in [0.3, 0.4) is 0 Å². The summed E-state index contributed by atoms with van der Waals surface area (Å²) in [6.07, 6.45) is 1.44. The van der Waals surface area contributed by atoms with Crippen LogP contribution in [-0.4, -0.2) is 0 Å². The van der Waals surface area contributed by atoms with E-state index in [1.165, 1.54) is 6.08 Å². The number of nitriles is 2. The summed E-state index contributed by atoms with van der Waals surface area (Å²) < 4.78 is 0. The van der Waals surface area contributed by atoms with Crippen molar-refractivity contribution in [2.45, 2.75) is 6.92 Å². The number of allylic oxidation sites excluding steroid dienone is 3. The third-order valence-electron chi connectivity index (χ3n) is 0.711. The van der Waals surface area contributed by atoms with E-state index in [4.69, 9.17) is 10.5 Å². The molecule has 0 bridgehead atoms. The van der Waals surface area contributed by atoms with Gasteiger partial charge in [0, 0.05) is 11.1 Å². The molecule has 0 fully saturated rings. The highest BCUT2D eigenvalue weighted by atomic mass is 14.2. The first-order valence-corrected chi connectivity index (χ1v) is 2.38. The fourth-order valence-corrected chi connectivity index (χ4v) is 0.326. The van der Waals surface area contributed by atoms with Crippen LogP contribution < -0.4 is 0 Å². The molecule has 2 nitrogen and oxygen atoms in total. The molecule has 0 spiro atoms. The number of nitrogens with zero attached hydrogens (tertiary/aromatic N) is 2. The van der Waals surface area contributed by atoms with Crippen LogP contribution in [0.2, 0.25) is 0 Å². The fourth-order valence-electron chi connectivity index (χ4n) is 0.326. The highest BCUT2D eigenvalue weighted by Gasteiger charge is 1.85. The van der Waals surface area contributed by atoms with E-state index in [1.54, 1.807) is 6.92 Å². The van der Waals surface area contributed by atoms with Crippen LogP contribution in [0.15, 0.2) is 23.8 Å². The van der Waals surface area contributed by atoms with Crippen LogP contribution in [0.4, 0.5) is 0 Å². The molecular formula is C7H6N2. The topological polar surface area (TPSA) is 47.6 Å². The Labute approximate surface area is 54.3 Å². The zero-order valence-corrected chi connectivity index (χ0v) is 5.18. The molecule has 0 aromatic carbocycles. The first kappa shape index (κ1) is 7.46. The fraction of sp³-hybridized carbons (Fsp3) is 0.143. The Morgan fingerprint density at radius 3 is 2.33 bits per heavy atom. The lowest BCUT2D eigenvalue weighted by atomic mass is 10.2. The van der Waals surface area contributed by atoms with Gasteiger partial charge < -0.3 is 0 Å². The van der Waals surface area contributed by atoms with Crippen molar-refractivity contribution in [1.82, 2.24) is 0 Å². The van der Waals surface area contributed by atoms with Gasteiger partial charge in [-0.2, -0.15) is 10.5 Å². The highest BCUT2D eigenvalue weighted by molar-refractivity contribution is 5.36. The van der Waals surface area contributed by atoms with Crippen molar-refractivity contribution >= 4 is 0 Å². The molecule has 0 N–H and O–H groups in total. The third kappa shape index (κ3) is 3.08. The maximum atomic E-state index is 8.21. The molecule has 0 aliphatic heterocycles. The molecule has 0 atom stereocenters. The van der Waals surface area contributed by atoms with E-state index < -0.39 is 0 Å². The highest BCUT2D eigenvalue weighted by Crippen LogP contribution is 1.95. The molecule has 44 valence electrons. The Hall–Kier alpha value is -1.54. The molecular weight excluding hydrogens is 112 g/mol. The molecule has 0 radical (unpaired) electrons. The standard InChI is InChI=1S/C7H6N2/c1-6(4-8)3-7(2)5-9/h3H,1H2,2H3/b7-3-. The van der Waals surface area contributed by atoms with Crippen molar-refractivity contribution in [3.05, 3.63) is 23.8 Å². The second-order valence-electron chi connectivity index (χ2n) is 1.58. The van der Waals surface area contributed by atoms with Gasteiger partial charge in [0.2, 0.25) is 0 Å². The van der Waals surface area contributed by atoms with Crippen molar-refractivity contribution in [2.24, 2.45) is 0 Å². The molecule has 0 amide bonds. The maximum absolute atomic E-state index is 8.21. The van der Waals surface area contributed by atoms with E-state index in [1.807, 2.05) is 12.1 Å². The van der Waals surface area contributed by atoms with Crippen LogP contribution in [0.5, 0.6) is 0 Å². The van der Waals surface area contributed by atoms with Gasteiger partial charge in [0.15, 0.2) is 0 Å². The van der Waals surface area contributed by atoms with Crippen molar-refractivity contribution < 1.29 is 0 Å². The van der Waals surface area contributed by atoms with Crippen molar-refractivity contribution in [2.75, 3.05) is 0 Å². The molecule has 2 heteroatoms. The number of rotatable bonds is 1. The summed E-state index contributed by atoms with van der Waals surface area (Å²) in [5.74, 6) is 0. The predicted octanol–water partition coefficient (Wildman–Crippen LogP) is 1.54. The SMILES string of the molecule is C=C(C#N)/C=C(/C)C#N. The van der Waals surface area contributed by atoms with Gasteiger partial charge in [-0.1, -0.05) is 6.58 Å². The summed E-state index contributed by atoms with van der Waals surface area (Å²) in [5.41, 5.74) is 0.815. The lowest BCUT2D eigenvalue weighted by Gasteiger charge is -1.80. The molecule has 0 saturated carbocycles. The first-order valence-electron chi connectivity index (χ1n) is 2.38. The zero-order valence-electron chi connectivity index (χ0n) is 5.18. The third-order valence-corrected chi connectivity index (χ3v) is 0.711. The van der Waals surface area contributed by atoms with Gasteiger partial charge in [-0.05, 0) is 13.0 Å². The van der Waals surface area contributed by atoms with Gasteiger partial charge in [0.25, 0.3) is 0 Å². The average molecular weight is 118 g/mol. The molecule has 0 aliphatic carbocycles. The lowest BCUT2D eigenvalue weighted by Crippen LogP contribution is -1.70. The molecule has 0 aliphatic rings. The maximum Gasteiger partial charge on any atom is 0.0985 e. The monoisotopic (exact) mass is 118 g/mol. The first-order chi connectivity index (χ1) is 4.20. The molecule has 0 aromatic rings. The Morgan fingerprint density at radius 2 is 2.00 bits per heavy atom. The minimum Gasteiger partial charge on any atom is -0.193 e. The molecule has 9 heavy (non-hydrogen) atoms. The zero-order chi connectivity index (χ0) is 7.28. The van der Waals surface area contributed by atoms with Gasteiger partial charge in [-0.25, -0.2) is 0 Å². The van der Waals surface area contributed by atoms with Gasteiger partial charge in [-0.3, -0.25) is 0 Å². The quantitative estimate of drug-likeness (QED) is 0.387. The number of hydrogen-bond donors (Lipinski definition) is 0. The molecule has 0 rings (SSSR count). The van der Waals surface area contributed by atoms with E-state index in [2.05, 4.69) is 6.58 Å². The minimum atomic E-state index is 0.314. The van der Waals surface area contributed by atoms with E-state index in [9.17, 15) is 0 Å². The second kappa shape index (κ2) is 3.46. The van der Waals surface area contributed by atoms with Gasteiger partial charge in [-0.15, -0.1) is 0 Å². The van der Waals surface area contributed by atoms with E-state index >= 15 is 0 Å². The average Bonchev–Trinajstić information content (AvgIpc) is 1.87. The van der Waals surface area contributed by atoms with Crippen molar-refractivity contribution in [3.63, 3.8) is 0 Å². The molecule has 0 unspecified atom stereocenters. The predicted molar refractivity (Wildman–Crippen MR) is 34.1 cm³/mol. The molecule has 0 heterocycles. The Bertz CT molecular complexity index is 222. The molecule has 0 saturated heterocycles. The van der Waals surface area contributed by atoms with Crippen molar-refractivity contribution in [3.8, 4) is 12.1 Å². The summed E-state index contributed by atoms with van der Waals surface area (Å²) in [7, 11) is 0. The summed E-state index contributed by atoms with van der Waals surface area (Å²) in [6.45, 7) is 5.00. The second-order valence-corrected chi connectivity index (χ2v) is 1.58. The van der Waals surface area contributed by atoms with Gasteiger partial charge in [0.1, 0.15) is 0 Å². The summed E-state index contributed by atoms with van der Waals surface area (Å²) in [6, 6.07) is 3.69. The summed E-state index contributed by atoms with van der Waals surface area (Å²) in [5, 5.41) is 16.4. The van der Waals surface area contributed by atoms with Crippen molar-refractivity contribution in [1.29, 1.82) is 10.5 Å². The summed E-state index contributed by atoms with van der Waals surface area (Å²) in [4.78, 5) is 0. The van der Waals surface area contributed by atoms with Crippen LogP contribution in [0.1, 0.15) is 6.92 Å². The van der Waals surface area contributed by atoms with Gasteiger partial charge in [0.05, 0.1) is 12.1 Å². The van der Waals surface area contributed by atoms with E-state index in [0.717, 1.165) is 0 Å². The summed E-state index contributed by atoms with van der Waals surface area (Å²) >= 11 is 0. The van der Waals surface area contributed by atoms with Crippen LogP contribution in [0, 0.1) is 22.7 Å². The van der Waals surface area contributed by atoms with Crippen LogP contribution in [-0.2, 0) is 0 Å². The van der Waals surface area contributed by atoms with E-state index in [-0.39, 0.29) is 0 Å².